The summed E-state index contributed by atoms with van der Waals surface area (Å²) in [7, 11) is 1.63. The molecule has 1 aromatic carbocycles. The van der Waals surface area contributed by atoms with Crippen molar-refractivity contribution in [1.29, 1.82) is 0 Å². The van der Waals surface area contributed by atoms with E-state index in [1.54, 1.807) is 18.4 Å². The molecule has 61 valence electrons. The Balaban J connectivity index is 2.75. The molecule has 0 N–H and O–H groups in total. The van der Waals surface area contributed by atoms with Crippen molar-refractivity contribution in [2.24, 2.45) is 0 Å². The number of rotatable bonds is 1. The first-order chi connectivity index (χ1) is 5.81. The molecule has 1 aromatic heterocycles. The normalized spacial score (nSPS) is 10.5. The molecule has 0 bridgehead atoms. The molecule has 0 saturated heterocycles. The van der Waals surface area contributed by atoms with E-state index in [4.69, 9.17) is 16.3 Å². The Morgan fingerprint density at radius 1 is 1.50 bits per heavy atom. The Labute approximate surface area is 79.5 Å². The molecule has 2 rings (SSSR count). The number of ether oxygens (including phenoxy) is 1. The van der Waals surface area contributed by atoms with Gasteiger partial charge in [-0.3, -0.25) is 0 Å². The number of methoxy groups -OCH3 is 1. The van der Waals surface area contributed by atoms with Gasteiger partial charge in [0.1, 0.15) is 5.75 Å². The fourth-order valence-corrected chi connectivity index (χ4v) is 2.13. The first-order valence-electron chi connectivity index (χ1n) is 3.43. The number of halogens is 1. The van der Waals surface area contributed by atoms with Gasteiger partial charge < -0.3 is 4.74 Å². The van der Waals surface area contributed by atoms with Crippen LogP contribution in [0.5, 0.6) is 5.75 Å². The molecular formula is C9H6ClOS. The third kappa shape index (κ3) is 1.17. The van der Waals surface area contributed by atoms with Crippen LogP contribution in [-0.4, -0.2) is 7.11 Å². The lowest BCUT2D eigenvalue weighted by Gasteiger charge is -2.00. The van der Waals surface area contributed by atoms with E-state index < -0.39 is 0 Å². The summed E-state index contributed by atoms with van der Waals surface area (Å²) >= 11 is 7.58. The van der Waals surface area contributed by atoms with Crippen LogP contribution in [0.1, 0.15) is 0 Å². The predicted octanol–water partition coefficient (Wildman–Crippen LogP) is 3.36. The van der Waals surface area contributed by atoms with Gasteiger partial charge in [-0.05, 0) is 11.4 Å². The third-order valence-corrected chi connectivity index (χ3v) is 2.97. The lowest BCUT2D eigenvalue weighted by molar-refractivity contribution is 0.415. The second-order valence-electron chi connectivity index (χ2n) is 2.37. The number of hydrogen-bond donors (Lipinski definition) is 0. The predicted molar refractivity (Wildman–Crippen MR) is 52.2 cm³/mol. The van der Waals surface area contributed by atoms with Crippen molar-refractivity contribution in [3.63, 3.8) is 0 Å². The van der Waals surface area contributed by atoms with Crippen molar-refractivity contribution >= 4 is 33.0 Å². The van der Waals surface area contributed by atoms with Crippen LogP contribution in [0.25, 0.3) is 10.1 Å². The molecule has 0 aliphatic heterocycles. The van der Waals surface area contributed by atoms with Crippen LogP contribution in [0, 0.1) is 6.07 Å². The van der Waals surface area contributed by atoms with E-state index in [0.717, 1.165) is 20.9 Å². The summed E-state index contributed by atoms with van der Waals surface area (Å²) in [5.74, 6) is 0.780. The zero-order valence-electron chi connectivity index (χ0n) is 6.43. The molecule has 0 aliphatic carbocycles. The van der Waals surface area contributed by atoms with E-state index in [2.05, 4.69) is 6.07 Å². The van der Waals surface area contributed by atoms with Gasteiger partial charge in [0, 0.05) is 17.5 Å². The largest absolute Gasteiger partial charge is 0.497 e. The summed E-state index contributed by atoms with van der Waals surface area (Å²) in [6, 6.07) is 6.83. The number of hydrogen-bond acceptors (Lipinski definition) is 2. The van der Waals surface area contributed by atoms with Gasteiger partial charge in [-0.1, -0.05) is 11.6 Å². The van der Waals surface area contributed by atoms with Crippen LogP contribution in [0.3, 0.4) is 0 Å². The highest BCUT2D eigenvalue weighted by atomic mass is 35.5. The molecule has 1 radical (unpaired) electrons. The Kier molecular flexibility index (Phi) is 1.95. The Morgan fingerprint density at radius 2 is 2.33 bits per heavy atom. The fraction of sp³-hybridized carbons (Fsp3) is 0.111. The van der Waals surface area contributed by atoms with E-state index in [-0.39, 0.29) is 0 Å². The maximum Gasteiger partial charge on any atom is 0.121 e. The molecular weight excluding hydrogens is 192 g/mol. The standard InChI is InChI=1S/C9H6ClOS/c1-11-7-4-6-2-3-12-9(6)8(10)5-7/h3-5H,1H3. The topological polar surface area (TPSA) is 9.23 Å². The molecule has 0 fully saturated rings. The highest BCUT2D eigenvalue weighted by Crippen LogP contribution is 2.32. The van der Waals surface area contributed by atoms with E-state index in [1.165, 1.54) is 0 Å². The highest BCUT2D eigenvalue weighted by Gasteiger charge is 2.03. The van der Waals surface area contributed by atoms with Crippen molar-refractivity contribution in [3.8, 4) is 5.75 Å². The molecule has 0 aliphatic rings. The molecule has 0 atom stereocenters. The minimum atomic E-state index is 0.732. The molecule has 0 saturated carbocycles. The molecule has 12 heavy (non-hydrogen) atoms. The number of fused-ring (bicyclic) bond motifs is 1. The fourth-order valence-electron chi connectivity index (χ4n) is 1.07. The van der Waals surface area contributed by atoms with Gasteiger partial charge in [-0.2, -0.15) is 0 Å². The summed E-state index contributed by atoms with van der Waals surface area (Å²) in [5.41, 5.74) is 0. The van der Waals surface area contributed by atoms with E-state index in [0.29, 0.717) is 0 Å². The molecule has 0 amide bonds. The Bertz CT molecular complexity index is 408. The van der Waals surface area contributed by atoms with E-state index >= 15 is 0 Å². The second kappa shape index (κ2) is 2.96. The lowest BCUT2D eigenvalue weighted by atomic mass is 10.2. The smallest absolute Gasteiger partial charge is 0.121 e. The maximum absolute atomic E-state index is 5.99. The quantitative estimate of drug-likeness (QED) is 0.681. The van der Waals surface area contributed by atoms with Crippen LogP contribution < -0.4 is 4.74 Å². The van der Waals surface area contributed by atoms with Gasteiger partial charge in [-0.15, -0.1) is 11.3 Å². The van der Waals surface area contributed by atoms with Gasteiger partial charge >= 0.3 is 0 Å². The van der Waals surface area contributed by atoms with Gasteiger partial charge in [0.05, 0.1) is 16.8 Å². The van der Waals surface area contributed by atoms with Crippen LogP contribution >= 0.6 is 22.9 Å². The zero-order chi connectivity index (χ0) is 8.55. The maximum atomic E-state index is 5.99. The first kappa shape index (κ1) is 7.90. The zero-order valence-corrected chi connectivity index (χ0v) is 8.00. The van der Waals surface area contributed by atoms with Gasteiger partial charge in [-0.25, -0.2) is 0 Å². The lowest BCUT2D eigenvalue weighted by Crippen LogP contribution is -1.81. The van der Waals surface area contributed by atoms with E-state index in [9.17, 15) is 0 Å². The van der Waals surface area contributed by atoms with Crippen LogP contribution in [0.4, 0.5) is 0 Å². The summed E-state index contributed by atoms with van der Waals surface area (Å²) in [4.78, 5) is 0. The van der Waals surface area contributed by atoms with Crippen LogP contribution in [0.2, 0.25) is 5.02 Å². The minimum absolute atomic E-state index is 0.732. The number of thiophene rings is 1. The van der Waals surface area contributed by atoms with Crippen molar-refractivity contribution in [3.05, 3.63) is 28.6 Å². The number of benzene rings is 1. The Hall–Kier alpha value is -0.730. The van der Waals surface area contributed by atoms with Crippen LogP contribution in [0.15, 0.2) is 17.5 Å². The molecule has 0 unspecified atom stereocenters. The average molecular weight is 198 g/mol. The molecule has 0 spiro atoms. The van der Waals surface area contributed by atoms with Crippen molar-refractivity contribution in [2.75, 3.05) is 7.11 Å². The summed E-state index contributed by atoms with van der Waals surface area (Å²) in [5, 5.41) is 3.65. The molecule has 3 heteroatoms. The molecule has 1 heterocycles. The van der Waals surface area contributed by atoms with E-state index in [1.807, 2.05) is 17.5 Å². The Morgan fingerprint density at radius 3 is 3.08 bits per heavy atom. The van der Waals surface area contributed by atoms with Gasteiger partial charge in [0.2, 0.25) is 0 Å². The third-order valence-electron chi connectivity index (χ3n) is 1.64. The first-order valence-corrected chi connectivity index (χ1v) is 4.69. The SMILES string of the molecule is COc1cc(Cl)c2sc[c]c2c1. The summed E-state index contributed by atoms with van der Waals surface area (Å²) in [6.45, 7) is 0. The van der Waals surface area contributed by atoms with Crippen molar-refractivity contribution in [2.45, 2.75) is 0 Å². The summed E-state index contributed by atoms with van der Waals surface area (Å²) < 4.78 is 6.14. The molecule has 2 aromatic rings. The van der Waals surface area contributed by atoms with Crippen molar-refractivity contribution in [1.82, 2.24) is 0 Å². The van der Waals surface area contributed by atoms with Crippen LogP contribution in [-0.2, 0) is 0 Å². The van der Waals surface area contributed by atoms with Gasteiger partial charge in [0.15, 0.2) is 0 Å². The average Bonchev–Trinajstić information content (AvgIpc) is 2.52. The monoisotopic (exact) mass is 197 g/mol. The summed E-state index contributed by atoms with van der Waals surface area (Å²) in [6.07, 6.45) is 0. The second-order valence-corrected chi connectivity index (χ2v) is 3.65. The van der Waals surface area contributed by atoms with Crippen molar-refractivity contribution < 1.29 is 4.74 Å². The highest BCUT2D eigenvalue weighted by molar-refractivity contribution is 7.17. The van der Waals surface area contributed by atoms with Gasteiger partial charge in [0.25, 0.3) is 0 Å². The molecule has 1 nitrogen and oxygen atoms in total. The minimum Gasteiger partial charge on any atom is -0.497 e.